The van der Waals surface area contributed by atoms with Crippen molar-refractivity contribution in [1.82, 2.24) is 10.2 Å². The van der Waals surface area contributed by atoms with Gasteiger partial charge in [0, 0.05) is 12.1 Å². The molecule has 0 aromatic carbocycles. The molecule has 72 valence electrons. The average molecular weight is 180 g/mol. The number of carbonyl (C=O) groups is 1. The van der Waals surface area contributed by atoms with Crippen molar-refractivity contribution in [3.63, 3.8) is 0 Å². The highest BCUT2D eigenvalue weighted by Gasteiger charge is 2.15. The third-order valence-electron chi connectivity index (χ3n) is 2.27. The molecule has 1 N–H and O–H groups in total. The van der Waals surface area contributed by atoms with Crippen molar-refractivity contribution in [2.45, 2.75) is 40.0 Å². The molecule has 0 saturated carbocycles. The van der Waals surface area contributed by atoms with Gasteiger partial charge in [0.1, 0.15) is 5.78 Å². The van der Waals surface area contributed by atoms with Crippen LogP contribution in [0.5, 0.6) is 0 Å². The molecule has 0 fully saturated rings. The van der Waals surface area contributed by atoms with Crippen LogP contribution in [-0.4, -0.2) is 16.0 Å². The molecule has 1 aromatic heterocycles. The van der Waals surface area contributed by atoms with Gasteiger partial charge in [-0.1, -0.05) is 6.92 Å². The Kier molecular flexibility index (Phi) is 2.86. The molecule has 3 nitrogen and oxygen atoms in total. The van der Waals surface area contributed by atoms with Crippen molar-refractivity contribution >= 4 is 5.78 Å². The number of aryl methyl sites for hydroxylation is 2. The Morgan fingerprint density at radius 1 is 1.54 bits per heavy atom. The van der Waals surface area contributed by atoms with E-state index < -0.39 is 0 Å². The fraction of sp³-hybridized carbons (Fsp3) is 0.600. The quantitative estimate of drug-likeness (QED) is 0.774. The first-order valence-corrected chi connectivity index (χ1v) is 4.53. The number of nitrogens with one attached hydrogen (secondary N) is 1. The van der Waals surface area contributed by atoms with Crippen molar-refractivity contribution < 1.29 is 4.79 Å². The van der Waals surface area contributed by atoms with Crippen LogP contribution in [0.4, 0.5) is 0 Å². The summed E-state index contributed by atoms with van der Waals surface area (Å²) in [6.45, 7) is 7.65. The summed E-state index contributed by atoms with van der Waals surface area (Å²) < 4.78 is 0. The maximum Gasteiger partial charge on any atom is 0.130 e. The maximum absolute atomic E-state index is 10.9. The van der Waals surface area contributed by atoms with Gasteiger partial charge in [0.05, 0.1) is 5.69 Å². The molecule has 0 aliphatic carbocycles. The number of hydrogen-bond donors (Lipinski definition) is 1. The summed E-state index contributed by atoms with van der Waals surface area (Å²) >= 11 is 0. The summed E-state index contributed by atoms with van der Waals surface area (Å²) in [5.74, 6) is 0.503. The number of nitrogens with zero attached hydrogens (tertiary/aromatic N) is 1. The second-order valence-corrected chi connectivity index (χ2v) is 3.65. The van der Waals surface area contributed by atoms with Crippen LogP contribution >= 0.6 is 0 Å². The van der Waals surface area contributed by atoms with E-state index in [2.05, 4.69) is 17.1 Å². The molecule has 1 atom stereocenters. The van der Waals surface area contributed by atoms with E-state index in [4.69, 9.17) is 0 Å². The van der Waals surface area contributed by atoms with Crippen LogP contribution in [0.1, 0.15) is 43.1 Å². The van der Waals surface area contributed by atoms with Crippen LogP contribution in [0.3, 0.4) is 0 Å². The summed E-state index contributed by atoms with van der Waals surface area (Å²) in [7, 11) is 0. The third-order valence-corrected chi connectivity index (χ3v) is 2.27. The van der Waals surface area contributed by atoms with Gasteiger partial charge in [-0.25, -0.2) is 0 Å². The zero-order chi connectivity index (χ0) is 10.0. The maximum atomic E-state index is 10.9. The van der Waals surface area contributed by atoms with Crippen LogP contribution < -0.4 is 0 Å². The number of H-pyrrole nitrogens is 1. The topological polar surface area (TPSA) is 45.8 Å². The number of hydrogen-bond acceptors (Lipinski definition) is 2. The lowest BCUT2D eigenvalue weighted by Gasteiger charge is -2.09. The lowest BCUT2D eigenvalue weighted by Crippen LogP contribution is -2.02. The number of rotatable bonds is 3. The molecule has 0 spiro atoms. The second-order valence-electron chi connectivity index (χ2n) is 3.65. The normalized spacial score (nSPS) is 12.9. The molecule has 1 aromatic rings. The van der Waals surface area contributed by atoms with Gasteiger partial charge in [-0.15, -0.1) is 0 Å². The van der Waals surface area contributed by atoms with Gasteiger partial charge in [0.25, 0.3) is 0 Å². The number of carbonyl (C=O) groups excluding carboxylic acids is 1. The minimum Gasteiger partial charge on any atom is -0.300 e. The standard InChI is InChI=1S/C10H16N2O/c1-6(5-7(2)13)10-8(3)11-12-9(10)4/h6H,5H2,1-4H3,(H,11,12). The van der Waals surface area contributed by atoms with Gasteiger partial charge < -0.3 is 4.79 Å². The molecular weight excluding hydrogens is 164 g/mol. The minimum atomic E-state index is 0.229. The molecule has 1 rings (SSSR count). The lowest BCUT2D eigenvalue weighted by atomic mass is 9.94. The minimum absolute atomic E-state index is 0.229. The van der Waals surface area contributed by atoms with E-state index in [-0.39, 0.29) is 11.7 Å². The smallest absolute Gasteiger partial charge is 0.130 e. The first-order chi connectivity index (χ1) is 6.02. The molecule has 3 heteroatoms. The van der Waals surface area contributed by atoms with Crippen molar-refractivity contribution in [3.05, 3.63) is 17.0 Å². The van der Waals surface area contributed by atoms with Gasteiger partial charge in [0.15, 0.2) is 0 Å². The number of ketones is 1. The molecule has 0 bridgehead atoms. The second kappa shape index (κ2) is 3.73. The van der Waals surface area contributed by atoms with E-state index in [1.54, 1.807) is 6.92 Å². The summed E-state index contributed by atoms with van der Waals surface area (Å²) in [6, 6.07) is 0. The number of aromatic nitrogens is 2. The summed E-state index contributed by atoms with van der Waals surface area (Å²) in [6.07, 6.45) is 0.598. The van der Waals surface area contributed by atoms with Crippen LogP contribution in [-0.2, 0) is 4.79 Å². The van der Waals surface area contributed by atoms with Crippen molar-refractivity contribution in [2.24, 2.45) is 0 Å². The molecule has 0 aliphatic heterocycles. The molecule has 0 amide bonds. The summed E-state index contributed by atoms with van der Waals surface area (Å²) in [5.41, 5.74) is 3.27. The average Bonchev–Trinajstić information content (AvgIpc) is 2.29. The van der Waals surface area contributed by atoms with E-state index in [1.807, 2.05) is 13.8 Å². The molecule has 0 saturated heterocycles. The van der Waals surface area contributed by atoms with Gasteiger partial charge >= 0.3 is 0 Å². The monoisotopic (exact) mass is 180 g/mol. The first kappa shape index (κ1) is 9.96. The van der Waals surface area contributed by atoms with Gasteiger partial charge in [-0.3, -0.25) is 5.10 Å². The SMILES string of the molecule is CC(=O)CC(C)c1c(C)n[nH]c1C. The van der Waals surface area contributed by atoms with Gasteiger partial charge in [-0.2, -0.15) is 5.10 Å². The van der Waals surface area contributed by atoms with E-state index in [0.717, 1.165) is 11.4 Å². The number of aromatic amines is 1. The molecule has 1 heterocycles. The Hall–Kier alpha value is -1.12. The zero-order valence-corrected chi connectivity index (χ0v) is 8.64. The molecular formula is C10H16N2O. The predicted octanol–water partition coefficient (Wildman–Crippen LogP) is 2.11. The molecule has 13 heavy (non-hydrogen) atoms. The highest BCUT2D eigenvalue weighted by atomic mass is 16.1. The van der Waals surface area contributed by atoms with Crippen LogP contribution in [0, 0.1) is 13.8 Å². The highest BCUT2D eigenvalue weighted by Crippen LogP contribution is 2.24. The highest BCUT2D eigenvalue weighted by molar-refractivity contribution is 5.76. The van der Waals surface area contributed by atoms with Gasteiger partial charge in [0.2, 0.25) is 0 Å². The Labute approximate surface area is 78.5 Å². The molecule has 0 radical (unpaired) electrons. The van der Waals surface area contributed by atoms with Crippen molar-refractivity contribution in [2.75, 3.05) is 0 Å². The van der Waals surface area contributed by atoms with Crippen LogP contribution in [0.15, 0.2) is 0 Å². The lowest BCUT2D eigenvalue weighted by molar-refractivity contribution is -0.117. The number of Topliss-reactive ketones (excluding diaryl/α,β-unsaturated/α-hetero) is 1. The van der Waals surface area contributed by atoms with Crippen LogP contribution in [0.2, 0.25) is 0 Å². The van der Waals surface area contributed by atoms with E-state index in [9.17, 15) is 4.79 Å². The van der Waals surface area contributed by atoms with E-state index in [0.29, 0.717) is 6.42 Å². The predicted molar refractivity (Wildman–Crippen MR) is 51.8 cm³/mol. The molecule has 0 aliphatic rings. The fourth-order valence-corrected chi connectivity index (χ4v) is 1.82. The Morgan fingerprint density at radius 3 is 2.54 bits per heavy atom. The van der Waals surface area contributed by atoms with Gasteiger partial charge in [-0.05, 0) is 32.3 Å². The molecule has 1 unspecified atom stereocenters. The van der Waals surface area contributed by atoms with Crippen molar-refractivity contribution in [1.29, 1.82) is 0 Å². The van der Waals surface area contributed by atoms with Crippen molar-refractivity contribution in [3.8, 4) is 0 Å². The van der Waals surface area contributed by atoms with E-state index >= 15 is 0 Å². The fourth-order valence-electron chi connectivity index (χ4n) is 1.82. The Balaban J connectivity index is 2.87. The van der Waals surface area contributed by atoms with E-state index in [1.165, 1.54) is 5.56 Å². The first-order valence-electron chi connectivity index (χ1n) is 4.53. The third kappa shape index (κ3) is 2.17. The summed E-state index contributed by atoms with van der Waals surface area (Å²) in [4.78, 5) is 10.9. The Bertz CT molecular complexity index is 295. The van der Waals surface area contributed by atoms with Crippen LogP contribution in [0.25, 0.3) is 0 Å². The largest absolute Gasteiger partial charge is 0.300 e. The Morgan fingerprint density at radius 2 is 2.15 bits per heavy atom. The summed E-state index contributed by atoms with van der Waals surface area (Å²) in [5, 5.41) is 7.04. The zero-order valence-electron chi connectivity index (χ0n) is 8.64.